The molecule has 3 aromatic rings. The number of carbonyl (C=O) groups is 1. The monoisotopic (exact) mass is 471 g/mol. The molecule has 0 spiro atoms. The van der Waals surface area contributed by atoms with Crippen LogP contribution in [0, 0.1) is 38.9 Å². The average molecular weight is 472 g/mol. The number of amidine groups is 2. The van der Waals surface area contributed by atoms with Crippen molar-refractivity contribution < 1.29 is 9.18 Å². The van der Waals surface area contributed by atoms with E-state index >= 15 is 0 Å². The molecule has 1 N–H and O–H groups in total. The van der Waals surface area contributed by atoms with E-state index in [-0.39, 0.29) is 16.6 Å². The van der Waals surface area contributed by atoms with Gasteiger partial charge >= 0.3 is 0 Å². The molecule has 8 heteroatoms. The van der Waals surface area contributed by atoms with Crippen LogP contribution in [-0.2, 0) is 4.79 Å². The number of hydrazone groups is 1. The van der Waals surface area contributed by atoms with Crippen LogP contribution >= 0.6 is 11.8 Å². The first kappa shape index (κ1) is 22.0. The maximum atomic E-state index is 14.2. The Labute approximate surface area is 201 Å². The van der Waals surface area contributed by atoms with Crippen LogP contribution in [0.3, 0.4) is 0 Å². The molecule has 0 aliphatic carbocycles. The quantitative estimate of drug-likeness (QED) is 0.512. The standard InChI is InChI=1S/C26H22FN5OS/c1-14-8-7-11-22(16(14)3)31-15(2)12-18(17(31)4)13-20-23(28)32-26(29-24(20)33)34-25(30-32)19-9-5-6-10-21(19)27/h5-13,28H,1-4H3. The molecule has 2 aliphatic rings. The molecule has 0 bridgehead atoms. The van der Waals surface area contributed by atoms with Gasteiger partial charge in [-0.25, -0.2) is 4.39 Å². The Hall–Kier alpha value is -3.78. The molecular weight excluding hydrogens is 449 g/mol. The molecule has 3 heterocycles. The second-order valence-corrected chi connectivity index (χ2v) is 9.24. The Balaban J connectivity index is 1.54. The van der Waals surface area contributed by atoms with Crippen molar-refractivity contribution in [3.8, 4) is 5.69 Å². The van der Waals surface area contributed by atoms with Gasteiger partial charge in [0.2, 0.25) is 5.17 Å². The first-order valence-electron chi connectivity index (χ1n) is 10.8. The van der Waals surface area contributed by atoms with Crippen LogP contribution in [0.25, 0.3) is 11.8 Å². The molecule has 1 amide bonds. The number of hydrogen-bond donors (Lipinski definition) is 1. The Morgan fingerprint density at radius 3 is 2.59 bits per heavy atom. The van der Waals surface area contributed by atoms with Gasteiger partial charge in [0.25, 0.3) is 5.91 Å². The summed E-state index contributed by atoms with van der Waals surface area (Å²) < 4.78 is 16.4. The minimum Gasteiger partial charge on any atom is -0.318 e. The Bertz CT molecular complexity index is 1480. The smallest absolute Gasteiger partial charge is 0.283 e. The second-order valence-electron chi connectivity index (χ2n) is 8.29. The summed E-state index contributed by atoms with van der Waals surface area (Å²) in [6, 6.07) is 14.5. The third-order valence-corrected chi connectivity index (χ3v) is 7.09. The van der Waals surface area contributed by atoms with E-state index in [9.17, 15) is 9.18 Å². The second kappa shape index (κ2) is 8.22. The lowest BCUT2D eigenvalue weighted by Crippen LogP contribution is -2.35. The number of halogens is 1. The van der Waals surface area contributed by atoms with Crippen molar-refractivity contribution in [2.24, 2.45) is 10.1 Å². The third kappa shape index (κ3) is 3.51. The van der Waals surface area contributed by atoms with E-state index in [1.54, 1.807) is 24.3 Å². The number of aliphatic imine (C=N–C) groups is 1. The van der Waals surface area contributed by atoms with Crippen molar-refractivity contribution in [3.05, 3.63) is 93.6 Å². The lowest BCUT2D eigenvalue weighted by atomic mass is 10.1. The molecule has 5 rings (SSSR count). The summed E-state index contributed by atoms with van der Waals surface area (Å²) in [5.74, 6) is -1.00. The van der Waals surface area contributed by atoms with Gasteiger partial charge in [-0.2, -0.15) is 15.1 Å². The number of thioether (sulfide) groups is 1. The molecule has 2 aliphatic heterocycles. The highest BCUT2D eigenvalue weighted by atomic mass is 32.2. The van der Waals surface area contributed by atoms with Crippen LogP contribution in [0.1, 0.15) is 33.6 Å². The topological polar surface area (TPSA) is 73.8 Å². The number of rotatable bonds is 3. The number of benzene rings is 2. The maximum absolute atomic E-state index is 14.2. The fourth-order valence-electron chi connectivity index (χ4n) is 4.17. The van der Waals surface area contributed by atoms with Gasteiger partial charge < -0.3 is 4.57 Å². The molecule has 0 saturated heterocycles. The maximum Gasteiger partial charge on any atom is 0.283 e. The summed E-state index contributed by atoms with van der Waals surface area (Å²) in [6.07, 6.45) is 1.69. The highest BCUT2D eigenvalue weighted by Gasteiger charge is 2.36. The van der Waals surface area contributed by atoms with Crippen LogP contribution in [0.5, 0.6) is 0 Å². The van der Waals surface area contributed by atoms with Crippen LogP contribution in [0.15, 0.2) is 64.2 Å². The summed E-state index contributed by atoms with van der Waals surface area (Å²) >= 11 is 1.08. The van der Waals surface area contributed by atoms with Crippen LogP contribution < -0.4 is 0 Å². The summed E-state index contributed by atoms with van der Waals surface area (Å²) in [6.45, 7) is 8.18. The van der Waals surface area contributed by atoms with Gasteiger partial charge in [0, 0.05) is 22.6 Å². The molecule has 170 valence electrons. The van der Waals surface area contributed by atoms with Crippen LogP contribution in [-0.4, -0.2) is 31.5 Å². The summed E-state index contributed by atoms with van der Waals surface area (Å²) in [7, 11) is 0. The number of nitrogens with zero attached hydrogens (tertiary/aromatic N) is 4. The van der Waals surface area contributed by atoms with Crippen molar-refractivity contribution in [1.82, 2.24) is 9.58 Å². The van der Waals surface area contributed by atoms with Gasteiger partial charge in [0.05, 0.1) is 5.57 Å². The average Bonchev–Trinajstić information content (AvgIpc) is 3.34. The van der Waals surface area contributed by atoms with Crippen LogP contribution in [0.4, 0.5) is 4.39 Å². The lowest BCUT2D eigenvalue weighted by molar-refractivity contribution is -0.114. The van der Waals surface area contributed by atoms with Gasteiger partial charge in [0.15, 0.2) is 5.84 Å². The fourth-order valence-corrected chi connectivity index (χ4v) is 5.09. The van der Waals surface area contributed by atoms with E-state index in [2.05, 4.69) is 40.6 Å². The lowest BCUT2D eigenvalue weighted by Gasteiger charge is -2.20. The van der Waals surface area contributed by atoms with Gasteiger partial charge in [0.1, 0.15) is 10.9 Å². The normalized spacial score (nSPS) is 16.7. The van der Waals surface area contributed by atoms with Gasteiger partial charge in [-0.15, -0.1) is 0 Å². The van der Waals surface area contributed by atoms with E-state index in [1.807, 2.05) is 26.0 Å². The zero-order chi connectivity index (χ0) is 24.1. The molecule has 2 aromatic carbocycles. The predicted molar refractivity (Wildman–Crippen MR) is 135 cm³/mol. The van der Waals surface area contributed by atoms with E-state index in [0.29, 0.717) is 10.6 Å². The first-order chi connectivity index (χ1) is 16.3. The Morgan fingerprint density at radius 2 is 1.82 bits per heavy atom. The van der Waals surface area contributed by atoms with Crippen molar-refractivity contribution in [2.75, 3.05) is 0 Å². The molecule has 1 aromatic heterocycles. The van der Waals surface area contributed by atoms with E-state index < -0.39 is 11.7 Å². The first-order valence-corrected chi connectivity index (χ1v) is 11.6. The zero-order valence-corrected chi connectivity index (χ0v) is 20.0. The summed E-state index contributed by atoms with van der Waals surface area (Å²) in [4.78, 5) is 17.0. The largest absolute Gasteiger partial charge is 0.318 e. The predicted octanol–water partition coefficient (Wildman–Crippen LogP) is 5.52. The highest BCUT2D eigenvalue weighted by Crippen LogP contribution is 2.32. The molecule has 6 nitrogen and oxygen atoms in total. The molecule has 34 heavy (non-hydrogen) atoms. The molecular formula is C26H22FN5OS. The highest BCUT2D eigenvalue weighted by molar-refractivity contribution is 8.27. The number of fused-ring (bicyclic) bond motifs is 1. The Kier molecular flexibility index (Phi) is 5.32. The van der Waals surface area contributed by atoms with E-state index in [4.69, 9.17) is 5.41 Å². The summed E-state index contributed by atoms with van der Waals surface area (Å²) in [5, 5.41) is 14.9. The number of aryl methyl sites for hydroxylation is 2. The number of amides is 1. The molecule has 0 atom stereocenters. The van der Waals surface area contributed by atoms with Gasteiger partial charge in [-0.3, -0.25) is 10.2 Å². The van der Waals surface area contributed by atoms with E-state index in [1.165, 1.54) is 22.2 Å². The van der Waals surface area contributed by atoms with Gasteiger partial charge in [-0.05, 0) is 86.5 Å². The molecule has 0 saturated carbocycles. The van der Waals surface area contributed by atoms with E-state index in [0.717, 1.165) is 34.4 Å². The van der Waals surface area contributed by atoms with Crippen LogP contribution in [0.2, 0.25) is 0 Å². The Morgan fingerprint density at radius 1 is 1.06 bits per heavy atom. The number of aromatic nitrogens is 1. The number of hydrogen-bond acceptors (Lipinski definition) is 4. The zero-order valence-electron chi connectivity index (χ0n) is 19.2. The van der Waals surface area contributed by atoms with Crippen molar-refractivity contribution >= 4 is 39.8 Å². The minimum absolute atomic E-state index is 0.0784. The van der Waals surface area contributed by atoms with Crippen molar-refractivity contribution in [3.63, 3.8) is 0 Å². The van der Waals surface area contributed by atoms with Crippen molar-refractivity contribution in [2.45, 2.75) is 27.7 Å². The minimum atomic E-state index is -0.509. The molecule has 0 fully saturated rings. The third-order valence-electron chi connectivity index (χ3n) is 6.15. The fraction of sp³-hybridized carbons (Fsp3) is 0.154. The number of carbonyl (C=O) groups excluding carboxylic acids is 1. The molecule has 0 radical (unpaired) electrons. The summed E-state index contributed by atoms with van der Waals surface area (Å²) in [5.41, 5.74) is 6.73. The van der Waals surface area contributed by atoms with Crippen molar-refractivity contribution in [1.29, 1.82) is 5.41 Å². The number of nitrogens with one attached hydrogen (secondary N) is 1. The SMILES string of the molecule is Cc1cccc(-n2c(C)cc(C=C3C(=N)N4N=C(c5ccccc5F)SC4=NC3=O)c2C)c1C. The molecule has 0 unspecified atom stereocenters. The van der Waals surface area contributed by atoms with Gasteiger partial charge in [-0.1, -0.05) is 24.3 Å².